The van der Waals surface area contributed by atoms with Crippen molar-refractivity contribution in [3.8, 4) is 5.75 Å². The van der Waals surface area contributed by atoms with Gasteiger partial charge < -0.3 is 14.7 Å². The Morgan fingerprint density at radius 1 is 1.23 bits per heavy atom. The van der Waals surface area contributed by atoms with E-state index in [2.05, 4.69) is 71.0 Å². The van der Waals surface area contributed by atoms with E-state index in [-0.39, 0.29) is 6.04 Å². The summed E-state index contributed by atoms with van der Waals surface area (Å²) in [6.45, 7) is 7.78. The molecule has 2 bridgehead atoms. The molecule has 1 unspecified atom stereocenters. The molecule has 1 N–H and O–H groups in total. The van der Waals surface area contributed by atoms with Crippen LogP contribution in [0, 0.1) is 11.8 Å². The van der Waals surface area contributed by atoms with Crippen molar-refractivity contribution in [2.45, 2.75) is 31.5 Å². The van der Waals surface area contributed by atoms with E-state index in [1.54, 1.807) is 7.11 Å². The maximum absolute atomic E-state index is 11.6. The van der Waals surface area contributed by atoms with Crippen LogP contribution >= 0.6 is 0 Å². The van der Waals surface area contributed by atoms with Crippen molar-refractivity contribution in [2.75, 3.05) is 31.6 Å². The van der Waals surface area contributed by atoms with Crippen LogP contribution in [0.2, 0.25) is 0 Å². The Bertz CT molecular complexity index is 970. The number of benzene rings is 2. The van der Waals surface area contributed by atoms with Crippen molar-refractivity contribution in [1.82, 2.24) is 4.90 Å². The van der Waals surface area contributed by atoms with E-state index in [0.717, 1.165) is 49.5 Å². The quantitative estimate of drug-likeness (QED) is 0.710. The molecule has 2 aromatic rings. The first-order chi connectivity index (χ1) is 15.2. The number of anilines is 1. The van der Waals surface area contributed by atoms with Crippen molar-refractivity contribution in [2.24, 2.45) is 11.8 Å². The molecule has 3 fully saturated rings. The summed E-state index contributed by atoms with van der Waals surface area (Å²) in [6.07, 6.45) is 6.11. The first-order valence-corrected chi connectivity index (χ1v) is 11.4. The van der Waals surface area contributed by atoms with Crippen LogP contribution in [0.25, 0.3) is 5.57 Å². The summed E-state index contributed by atoms with van der Waals surface area (Å²) >= 11 is 0. The van der Waals surface area contributed by atoms with Crippen molar-refractivity contribution in [3.05, 3.63) is 78.4 Å². The van der Waals surface area contributed by atoms with Gasteiger partial charge in [0.1, 0.15) is 5.75 Å². The summed E-state index contributed by atoms with van der Waals surface area (Å²) in [5.74, 6) is 2.03. The zero-order valence-corrected chi connectivity index (χ0v) is 18.3. The Morgan fingerprint density at radius 2 is 2.06 bits per heavy atom. The standard InChI is InChI=1S/C27H32N2O2/c1-3-20-18-29-13-11-21(20)15-26(29)27(30)23-12-14-28(17-19-7-5-4-6-8-19)25-10-9-22(31-2)16-24(23)25/h3-10,12,16,20-21,26-27,30H,1,11,13-15,17-18H2,2H3/t20-,21-,26-,27+/m0/s1. The Labute approximate surface area is 185 Å². The summed E-state index contributed by atoms with van der Waals surface area (Å²) in [7, 11) is 1.70. The third kappa shape index (κ3) is 3.79. The van der Waals surface area contributed by atoms with Crippen LogP contribution in [-0.4, -0.2) is 48.9 Å². The Morgan fingerprint density at radius 3 is 2.77 bits per heavy atom. The molecule has 4 heterocycles. The molecule has 2 aromatic carbocycles. The van der Waals surface area contributed by atoms with Crippen molar-refractivity contribution >= 4 is 11.3 Å². The summed E-state index contributed by atoms with van der Waals surface area (Å²) < 4.78 is 5.54. The monoisotopic (exact) mass is 416 g/mol. The van der Waals surface area contributed by atoms with Gasteiger partial charge in [-0.3, -0.25) is 4.90 Å². The van der Waals surface area contributed by atoms with Gasteiger partial charge in [-0.05, 0) is 60.6 Å². The highest BCUT2D eigenvalue weighted by Crippen LogP contribution is 2.43. The van der Waals surface area contributed by atoms with Gasteiger partial charge >= 0.3 is 0 Å². The smallest absolute Gasteiger partial charge is 0.119 e. The molecule has 0 amide bonds. The molecule has 4 nitrogen and oxygen atoms in total. The van der Waals surface area contributed by atoms with E-state index in [0.29, 0.717) is 11.8 Å². The lowest BCUT2D eigenvalue weighted by atomic mass is 9.73. The fourth-order valence-electron chi connectivity index (χ4n) is 5.71. The van der Waals surface area contributed by atoms with E-state index < -0.39 is 6.10 Å². The number of rotatable bonds is 6. The van der Waals surface area contributed by atoms with Crippen LogP contribution in [-0.2, 0) is 6.54 Å². The number of ether oxygens (including phenoxy) is 1. The summed E-state index contributed by atoms with van der Waals surface area (Å²) in [6, 6.07) is 17.0. The number of nitrogens with zero attached hydrogens (tertiary/aromatic N) is 2. The molecule has 4 aliphatic heterocycles. The number of methoxy groups -OCH3 is 1. The molecule has 4 aliphatic rings. The second-order valence-corrected chi connectivity index (χ2v) is 9.10. The van der Waals surface area contributed by atoms with Gasteiger partial charge in [0.15, 0.2) is 0 Å². The molecule has 0 aromatic heterocycles. The van der Waals surface area contributed by atoms with Gasteiger partial charge in [0, 0.05) is 36.9 Å². The minimum atomic E-state index is -0.488. The van der Waals surface area contributed by atoms with E-state index in [4.69, 9.17) is 4.74 Å². The van der Waals surface area contributed by atoms with Gasteiger partial charge in [-0.2, -0.15) is 0 Å². The number of piperidine rings is 3. The van der Waals surface area contributed by atoms with Crippen LogP contribution in [0.1, 0.15) is 24.0 Å². The zero-order chi connectivity index (χ0) is 21.4. The molecule has 0 spiro atoms. The highest BCUT2D eigenvalue weighted by molar-refractivity contribution is 5.83. The first-order valence-electron chi connectivity index (χ1n) is 11.4. The lowest BCUT2D eigenvalue weighted by Crippen LogP contribution is -2.57. The van der Waals surface area contributed by atoms with Crippen molar-refractivity contribution in [3.63, 3.8) is 0 Å². The number of hydrogen-bond donors (Lipinski definition) is 1. The number of fused-ring (bicyclic) bond motifs is 4. The van der Waals surface area contributed by atoms with Crippen LogP contribution in [0.15, 0.2) is 67.3 Å². The third-order valence-corrected chi connectivity index (χ3v) is 7.44. The highest BCUT2D eigenvalue weighted by atomic mass is 16.5. The molecule has 4 heteroatoms. The molecule has 0 saturated carbocycles. The molecular weight excluding hydrogens is 384 g/mol. The van der Waals surface area contributed by atoms with Crippen LogP contribution in [0.3, 0.4) is 0 Å². The van der Waals surface area contributed by atoms with E-state index in [1.165, 1.54) is 17.7 Å². The Hall–Kier alpha value is -2.56. The molecule has 5 atom stereocenters. The largest absolute Gasteiger partial charge is 0.497 e. The van der Waals surface area contributed by atoms with Gasteiger partial charge in [-0.25, -0.2) is 0 Å². The number of aliphatic hydroxyl groups is 1. The first kappa shape index (κ1) is 20.3. The minimum absolute atomic E-state index is 0.181. The van der Waals surface area contributed by atoms with Crippen molar-refractivity contribution < 1.29 is 9.84 Å². The molecular formula is C27H32N2O2. The SMILES string of the molecule is C=C[C@H]1CN2CC[C@H]1C[C@H]2[C@H](O)C1=CCN(Cc2ccccc2)c2ccc(OC)cc21. The zero-order valence-electron chi connectivity index (χ0n) is 18.3. The summed E-state index contributed by atoms with van der Waals surface area (Å²) in [5.41, 5.74) is 4.59. The topological polar surface area (TPSA) is 35.9 Å². The number of hydrogen-bond acceptors (Lipinski definition) is 4. The van der Waals surface area contributed by atoms with E-state index >= 15 is 0 Å². The molecule has 6 rings (SSSR count). The van der Waals surface area contributed by atoms with Gasteiger partial charge in [-0.15, -0.1) is 6.58 Å². The summed E-state index contributed by atoms with van der Waals surface area (Å²) in [5, 5.41) is 11.6. The third-order valence-electron chi connectivity index (χ3n) is 7.44. The summed E-state index contributed by atoms with van der Waals surface area (Å²) in [4.78, 5) is 4.86. The molecule has 31 heavy (non-hydrogen) atoms. The number of aliphatic hydroxyl groups excluding tert-OH is 1. The fraction of sp³-hybridized carbons (Fsp3) is 0.407. The van der Waals surface area contributed by atoms with Gasteiger partial charge in [0.2, 0.25) is 0 Å². The average molecular weight is 417 g/mol. The van der Waals surface area contributed by atoms with E-state index in [9.17, 15) is 5.11 Å². The molecule has 0 aliphatic carbocycles. The Kier molecular flexibility index (Phi) is 5.59. The van der Waals surface area contributed by atoms with Crippen LogP contribution in [0.5, 0.6) is 5.75 Å². The lowest BCUT2D eigenvalue weighted by Gasteiger charge is -2.51. The maximum Gasteiger partial charge on any atom is 0.119 e. The maximum atomic E-state index is 11.6. The Balaban J connectivity index is 1.44. The molecule has 0 radical (unpaired) electrons. The van der Waals surface area contributed by atoms with Crippen molar-refractivity contribution in [1.29, 1.82) is 0 Å². The van der Waals surface area contributed by atoms with Crippen LogP contribution < -0.4 is 9.64 Å². The second kappa shape index (κ2) is 8.52. The van der Waals surface area contributed by atoms with Gasteiger partial charge in [-0.1, -0.05) is 42.5 Å². The van der Waals surface area contributed by atoms with Gasteiger partial charge in [0.25, 0.3) is 0 Å². The van der Waals surface area contributed by atoms with E-state index in [1.807, 2.05) is 6.07 Å². The molecule has 3 saturated heterocycles. The van der Waals surface area contributed by atoms with Crippen LogP contribution in [0.4, 0.5) is 5.69 Å². The minimum Gasteiger partial charge on any atom is -0.497 e. The average Bonchev–Trinajstić information content (AvgIpc) is 2.84. The second-order valence-electron chi connectivity index (χ2n) is 9.10. The predicted molar refractivity (Wildman–Crippen MR) is 126 cm³/mol. The fourth-order valence-corrected chi connectivity index (χ4v) is 5.71. The van der Waals surface area contributed by atoms with Gasteiger partial charge in [0.05, 0.1) is 13.2 Å². The lowest BCUT2D eigenvalue weighted by molar-refractivity contribution is -0.0254. The normalized spacial score (nSPS) is 27.9. The molecule has 162 valence electrons. The highest BCUT2D eigenvalue weighted by Gasteiger charge is 2.43. The predicted octanol–water partition coefficient (Wildman–Crippen LogP) is 4.36.